The molecule has 1 atom stereocenters. The summed E-state index contributed by atoms with van der Waals surface area (Å²) in [5.74, 6) is 1.13. The van der Waals surface area contributed by atoms with Crippen molar-refractivity contribution in [1.29, 1.82) is 0 Å². The highest BCUT2D eigenvalue weighted by Gasteiger charge is 2.20. The molecular formula is C22H26N4O2. The van der Waals surface area contributed by atoms with Crippen LogP contribution in [0.25, 0.3) is 11.4 Å². The molecule has 2 aromatic heterocycles. The molecule has 0 aliphatic carbocycles. The number of carbonyl (C=O) groups is 1. The molecular weight excluding hydrogens is 352 g/mol. The average molecular weight is 378 g/mol. The van der Waals surface area contributed by atoms with Crippen LogP contribution in [0.5, 0.6) is 0 Å². The third kappa shape index (κ3) is 5.03. The van der Waals surface area contributed by atoms with Gasteiger partial charge < -0.3 is 9.42 Å². The van der Waals surface area contributed by atoms with E-state index in [-0.39, 0.29) is 11.9 Å². The highest BCUT2D eigenvalue weighted by molar-refractivity contribution is 5.76. The summed E-state index contributed by atoms with van der Waals surface area (Å²) >= 11 is 0. The molecule has 0 bridgehead atoms. The van der Waals surface area contributed by atoms with E-state index in [0.717, 1.165) is 23.1 Å². The highest BCUT2D eigenvalue weighted by Crippen LogP contribution is 2.18. The predicted molar refractivity (Wildman–Crippen MR) is 107 cm³/mol. The standard InChI is InChI=1S/C22H26N4O2/c1-4-17(3)26(15-18-10-12-23-13-11-18)21(27)9-8-20-24-22(25-28-20)19-7-5-6-16(2)14-19/h5-7,10-14,17H,4,8-9,15H2,1-3H3. The van der Waals surface area contributed by atoms with Gasteiger partial charge in [0.25, 0.3) is 0 Å². The molecule has 0 aliphatic heterocycles. The van der Waals surface area contributed by atoms with Gasteiger partial charge in [-0.1, -0.05) is 35.8 Å². The van der Waals surface area contributed by atoms with Crippen molar-refractivity contribution >= 4 is 5.91 Å². The minimum Gasteiger partial charge on any atom is -0.339 e. The van der Waals surface area contributed by atoms with Crippen LogP contribution in [0.2, 0.25) is 0 Å². The van der Waals surface area contributed by atoms with Crippen molar-refractivity contribution in [2.45, 2.75) is 52.6 Å². The first kappa shape index (κ1) is 19.7. The lowest BCUT2D eigenvalue weighted by Crippen LogP contribution is -2.37. The summed E-state index contributed by atoms with van der Waals surface area (Å²) in [5.41, 5.74) is 3.13. The first-order valence-electron chi connectivity index (χ1n) is 9.64. The van der Waals surface area contributed by atoms with Gasteiger partial charge in [0.05, 0.1) is 0 Å². The molecule has 0 saturated heterocycles. The lowest BCUT2D eigenvalue weighted by molar-refractivity contribution is -0.134. The van der Waals surface area contributed by atoms with E-state index in [4.69, 9.17) is 4.52 Å². The van der Waals surface area contributed by atoms with Crippen LogP contribution in [0.1, 0.15) is 43.7 Å². The molecule has 2 heterocycles. The second-order valence-corrected chi connectivity index (χ2v) is 7.02. The van der Waals surface area contributed by atoms with Crippen LogP contribution < -0.4 is 0 Å². The summed E-state index contributed by atoms with van der Waals surface area (Å²) in [7, 11) is 0. The Balaban J connectivity index is 1.64. The fourth-order valence-corrected chi connectivity index (χ4v) is 3.01. The van der Waals surface area contributed by atoms with Gasteiger partial charge >= 0.3 is 0 Å². The van der Waals surface area contributed by atoms with Crippen molar-refractivity contribution in [2.24, 2.45) is 0 Å². The van der Waals surface area contributed by atoms with Crippen LogP contribution >= 0.6 is 0 Å². The number of benzene rings is 1. The number of aryl methyl sites for hydroxylation is 2. The topological polar surface area (TPSA) is 72.1 Å². The Bertz CT molecular complexity index is 908. The SMILES string of the molecule is CCC(C)N(Cc1ccncc1)C(=O)CCc1nc(-c2cccc(C)c2)no1. The lowest BCUT2D eigenvalue weighted by Gasteiger charge is -2.28. The average Bonchev–Trinajstić information content (AvgIpc) is 3.19. The maximum absolute atomic E-state index is 12.9. The molecule has 0 radical (unpaired) electrons. The molecule has 0 saturated carbocycles. The number of pyridine rings is 1. The lowest BCUT2D eigenvalue weighted by atomic mass is 10.1. The highest BCUT2D eigenvalue weighted by atomic mass is 16.5. The Labute approximate surface area is 165 Å². The van der Waals surface area contributed by atoms with Crippen molar-refractivity contribution in [2.75, 3.05) is 0 Å². The molecule has 6 nitrogen and oxygen atoms in total. The van der Waals surface area contributed by atoms with Gasteiger partial charge in [-0.15, -0.1) is 0 Å². The van der Waals surface area contributed by atoms with Gasteiger partial charge in [0.15, 0.2) is 0 Å². The summed E-state index contributed by atoms with van der Waals surface area (Å²) < 4.78 is 5.35. The molecule has 28 heavy (non-hydrogen) atoms. The molecule has 1 unspecified atom stereocenters. The fraction of sp³-hybridized carbons (Fsp3) is 0.364. The monoisotopic (exact) mass is 378 g/mol. The van der Waals surface area contributed by atoms with Crippen molar-refractivity contribution in [3.8, 4) is 11.4 Å². The van der Waals surface area contributed by atoms with Crippen LogP contribution in [0, 0.1) is 6.92 Å². The summed E-state index contributed by atoms with van der Waals surface area (Å²) in [6.07, 6.45) is 5.17. The zero-order valence-electron chi connectivity index (χ0n) is 16.6. The maximum Gasteiger partial charge on any atom is 0.227 e. The quantitative estimate of drug-likeness (QED) is 0.587. The molecule has 146 valence electrons. The number of rotatable bonds is 8. The van der Waals surface area contributed by atoms with Crippen molar-refractivity contribution < 1.29 is 9.32 Å². The van der Waals surface area contributed by atoms with Gasteiger partial charge in [-0.2, -0.15) is 4.98 Å². The van der Waals surface area contributed by atoms with Crippen LogP contribution in [0.4, 0.5) is 0 Å². The van der Waals surface area contributed by atoms with E-state index in [1.54, 1.807) is 12.4 Å². The zero-order valence-corrected chi connectivity index (χ0v) is 16.6. The summed E-state index contributed by atoms with van der Waals surface area (Å²) in [6, 6.07) is 12.0. The summed E-state index contributed by atoms with van der Waals surface area (Å²) in [5, 5.41) is 4.05. The molecule has 0 fully saturated rings. The summed E-state index contributed by atoms with van der Waals surface area (Å²) in [4.78, 5) is 23.3. The van der Waals surface area contributed by atoms with E-state index in [1.807, 2.05) is 48.2 Å². The third-order valence-electron chi connectivity index (χ3n) is 4.84. The molecule has 1 aromatic carbocycles. The second kappa shape index (κ2) is 9.26. The van der Waals surface area contributed by atoms with E-state index >= 15 is 0 Å². The molecule has 0 spiro atoms. The summed E-state index contributed by atoms with van der Waals surface area (Å²) in [6.45, 7) is 6.76. The first-order chi connectivity index (χ1) is 13.6. The normalized spacial score (nSPS) is 12.0. The Morgan fingerprint density at radius 2 is 2.00 bits per heavy atom. The molecule has 0 N–H and O–H groups in total. The van der Waals surface area contributed by atoms with Crippen molar-refractivity contribution in [1.82, 2.24) is 20.0 Å². The van der Waals surface area contributed by atoms with Crippen LogP contribution in [0.15, 0.2) is 53.3 Å². The molecule has 3 rings (SSSR count). The molecule has 1 amide bonds. The van der Waals surface area contributed by atoms with Crippen molar-refractivity contribution in [3.05, 3.63) is 65.8 Å². The number of nitrogens with zero attached hydrogens (tertiary/aromatic N) is 4. The first-order valence-corrected chi connectivity index (χ1v) is 9.64. The van der Waals surface area contributed by atoms with Gasteiger partial charge in [0, 0.05) is 43.4 Å². The van der Waals surface area contributed by atoms with Gasteiger partial charge in [-0.05, 0) is 44.0 Å². The maximum atomic E-state index is 12.9. The van der Waals surface area contributed by atoms with Crippen LogP contribution in [0.3, 0.4) is 0 Å². The van der Waals surface area contributed by atoms with E-state index in [0.29, 0.717) is 31.1 Å². The number of hydrogen-bond acceptors (Lipinski definition) is 5. The van der Waals surface area contributed by atoms with E-state index in [9.17, 15) is 4.79 Å². The number of carbonyl (C=O) groups excluding carboxylic acids is 1. The number of aromatic nitrogens is 3. The minimum absolute atomic E-state index is 0.0847. The fourth-order valence-electron chi connectivity index (χ4n) is 3.01. The minimum atomic E-state index is 0.0847. The Morgan fingerprint density at radius 1 is 1.21 bits per heavy atom. The smallest absolute Gasteiger partial charge is 0.227 e. The van der Waals surface area contributed by atoms with E-state index in [1.165, 1.54) is 0 Å². The Hall–Kier alpha value is -3.02. The van der Waals surface area contributed by atoms with Gasteiger partial charge in [0.2, 0.25) is 17.6 Å². The second-order valence-electron chi connectivity index (χ2n) is 7.02. The van der Waals surface area contributed by atoms with Crippen LogP contribution in [-0.2, 0) is 17.8 Å². The van der Waals surface area contributed by atoms with Gasteiger partial charge in [0.1, 0.15) is 0 Å². The van der Waals surface area contributed by atoms with Gasteiger partial charge in [-0.25, -0.2) is 0 Å². The van der Waals surface area contributed by atoms with Crippen molar-refractivity contribution in [3.63, 3.8) is 0 Å². The molecule has 3 aromatic rings. The van der Waals surface area contributed by atoms with Gasteiger partial charge in [-0.3, -0.25) is 9.78 Å². The van der Waals surface area contributed by atoms with E-state index in [2.05, 4.69) is 29.0 Å². The predicted octanol–water partition coefficient (Wildman–Crippen LogP) is 4.20. The molecule has 0 aliphatic rings. The Kier molecular flexibility index (Phi) is 6.53. The zero-order chi connectivity index (χ0) is 19.9. The third-order valence-corrected chi connectivity index (χ3v) is 4.84. The number of hydrogen-bond donors (Lipinski definition) is 0. The Morgan fingerprint density at radius 3 is 2.71 bits per heavy atom. The molecule has 6 heteroatoms. The largest absolute Gasteiger partial charge is 0.339 e. The number of amides is 1. The van der Waals surface area contributed by atoms with E-state index < -0.39 is 0 Å². The van der Waals surface area contributed by atoms with Crippen LogP contribution in [-0.4, -0.2) is 32.0 Å².